The Balaban J connectivity index is 4.88. The van der Waals surface area contributed by atoms with E-state index in [0.29, 0.717) is 6.92 Å². The van der Waals surface area contributed by atoms with Gasteiger partial charge in [0.05, 0.1) is 4.92 Å². The van der Waals surface area contributed by atoms with Crippen molar-refractivity contribution in [2.24, 2.45) is 0 Å². The van der Waals surface area contributed by atoms with Crippen molar-refractivity contribution in [3.8, 4) is 0 Å². The molecule has 0 aliphatic heterocycles. The van der Waals surface area contributed by atoms with Crippen LogP contribution in [0.2, 0.25) is 0 Å². The van der Waals surface area contributed by atoms with Crippen molar-refractivity contribution >= 4 is 5.78 Å². The van der Waals surface area contributed by atoms with Crippen LogP contribution < -0.4 is 0 Å². The van der Waals surface area contributed by atoms with Crippen LogP contribution in [-0.4, -0.2) is 16.9 Å². The molecule has 0 unspecified atom stereocenters. The van der Waals surface area contributed by atoms with E-state index in [2.05, 4.69) is 0 Å². The number of carbonyl (C=O) groups excluding carboxylic acids is 1. The Labute approximate surface area is 64.8 Å². The van der Waals surface area contributed by atoms with Crippen LogP contribution in [-0.2, 0) is 4.79 Å². The lowest BCUT2D eigenvalue weighted by Gasteiger charge is -1.97. The fourth-order valence-electron chi connectivity index (χ4n) is 0.438. The van der Waals surface area contributed by atoms with Crippen molar-refractivity contribution in [2.75, 3.05) is 0 Å². The number of halogens is 3. The summed E-state index contributed by atoms with van der Waals surface area (Å²) in [6.07, 6.45) is -5.47. The molecule has 0 aromatic carbocycles. The molecule has 0 saturated heterocycles. The minimum absolute atomic E-state index is 0.630. The number of rotatable bonds is 2. The van der Waals surface area contributed by atoms with E-state index in [-0.39, 0.29) is 0 Å². The van der Waals surface area contributed by atoms with E-state index < -0.39 is 28.7 Å². The van der Waals surface area contributed by atoms with Gasteiger partial charge in [-0.15, -0.1) is 0 Å². The standard InChI is InChI=1S/C5H4F3NO3/c1-3(10)4(9(11)12)2-5(6,7)8/h2H,1H3. The fraction of sp³-hybridized carbons (Fsp3) is 0.400. The van der Waals surface area contributed by atoms with E-state index in [4.69, 9.17) is 0 Å². The fourth-order valence-corrected chi connectivity index (χ4v) is 0.438. The number of ketones is 1. The first kappa shape index (κ1) is 10.6. The summed E-state index contributed by atoms with van der Waals surface area (Å²) in [6.45, 7) is 0.695. The molecular weight excluding hydrogens is 179 g/mol. The Hall–Kier alpha value is -1.40. The molecular formula is C5H4F3NO3. The molecule has 0 heterocycles. The summed E-state index contributed by atoms with van der Waals surface area (Å²) < 4.78 is 34.5. The van der Waals surface area contributed by atoms with Crippen molar-refractivity contribution < 1.29 is 22.9 Å². The Kier molecular flexibility index (Phi) is 2.94. The molecule has 12 heavy (non-hydrogen) atoms. The van der Waals surface area contributed by atoms with Crippen molar-refractivity contribution in [3.63, 3.8) is 0 Å². The third-order valence-corrected chi connectivity index (χ3v) is 0.858. The van der Waals surface area contributed by atoms with Gasteiger partial charge in [0.1, 0.15) is 6.08 Å². The van der Waals surface area contributed by atoms with Crippen LogP contribution >= 0.6 is 0 Å². The number of Topliss-reactive ketones (excluding diaryl/α,β-unsaturated/α-hetero) is 1. The van der Waals surface area contributed by atoms with Crippen LogP contribution in [0.3, 0.4) is 0 Å². The van der Waals surface area contributed by atoms with Crippen LogP contribution in [0.4, 0.5) is 13.2 Å². The van der Waals surface area contributed by atoms with E-state index >= 15 is 0 Å². The van der Waals surface area contributed by atoms with Gasteiger partial charge >= 0.3 is 11.9 Å². The second-order valence-corrected chi connectivity index (χ2v) is 1.88. The lowest BCUT2D eigenvalue weighted by atomic mass is 10.3. The van der Waals surface area contributed by atoms with E-state index in [1.807, 2.05) is 0 Å². The number of allylic oxidation sites excluding steroid dienone is 2. The second-order valence-electron chi connectivity index (χ2n) is 1.88. The Bertz CT molecular complexity index is 227. The number of alkyl halides is 3. The number of hydrogen-bond donors (Lipinski definition) is 0. The Morgan fingerprint density at radius 3 is 2.00 bits per heavy atom. The molecule has 0 aliphatic rings. The van der Waals surface area contributed by atoms with Gasteiger partial charge in [-0.3, -0.25) is 14.9 Å². The molecule has 0 amide bonds. The molecule has 7 heteroatoms. The average molecular weight is 183 g/mol. The van der Waals surface area contributed by atoms with Gasteiger partial charge in [0, 0.05) is 6.92 Å². The van der Waals surface area contributed by atoms with Crippen LogP contribution in [0.1, 0.15) is 6.92 Å². The lowest BCUT2D eigenvalue weighted by molar-refractivity contribution is -0.420. The third-order valence-electron chi connectivity index (χ3n) is 0.858. The maximum absolute atomic E-state index is 11.5. The second kappa shape index (κ2) is 3.33. The number of carbonyl (C=O) groups is 1. The number of nitro groups is 1. The molecule has 0 aliphatic carbocycles. The smallest absolute Gasteiger partial charge is 0.288 e. The molecule has 68 valence electrons. The van der Waals surface area contributed by atoms with Crippen LogP contribution in [0.25, 0.3) is 0 Å². The summed E-state index contributed by atoms with van der Waals surface area (Å²) in [5.74, 6) is -1.22. The minimum Gasteiger partial charge on any atom is -0.288 e. The first-order valence-corrected chi connectivity index (χ1v) is 2.69. The van der Waals surface area contributed by atoms with Crippen molar-refractivity contribution in [2.45, 2.75) is 13.1 Å². The van der Waals surface area contributed by atoms with Crippen molar-refractivity contribution in [1.29, 1.82) is 0 Å². The predicted molar refractivity (Wildman–Crippen MR) is 31.8 cm³/mol. The monoisotopic (exact) mass is 183 g/mol. The van der Waals surface area contributed by atoms with E-state index in [1.165, 1.54) is 0 Å². The quantitative estimate of drug-likeness (QED) is 0.368. The van der Waals surface area contributed by atoms with Gasteiger partial charge in [0.15, 0.2) is 0 Å². The lowest BCUT2D eigenvalue weighted by Crippen LogP contribution is -2.13. The van der Waals surface area contributed by atoms with Gasteiger partial charge < -0.3 is 0 Å². The summed E-state index contributed by atoms with van der Waals surface area (Å²) in [7, 11) is 0. The normalized spacial score (nSPS) is 12.8. The highest BCUT2D eigenvalue weighted by Crippen LogP contribution is 2.18. The molecule has 0 saturated carbocycles. The summed E-state index contributed by atoms with van der Waals surface area (Å²) in [6, 6.07) is 0. The van der Waals surface area contributed by atoms with Crippen LogP contribution in [0.5, 0.6) is 0 Å². The Morgan fingerprint density at radius 2 is 1.92 bits per heavy atom. The highest BCUT2D eigenvalue weighted by atomic mass is 19.4. The molecule has 0 aromatic heterocycles. The molecule has 0 fully saturated rings. The molecule has 0 rings (SSSR count). The van der Waals surface area contributed by atoms with Gasteiger partial charge in [-0.05, 0) is 0 Å². The van der Waals surface area contributed by atoms with Crippen LogP contribution in [0, 0.1) is 10.1 Å². The minimum atomic E-state index is -4.84. The zero-order valence-corrected chi connectivity index (χ0v) is 5.88. The molecule has 0 atom stereocenters. The maximum atomic E-state index is 11.5. The zero-order chi connectivity index (χ0) is 9.94. The molecule has 0 bridgehead atoms. The SMILES string of the molecule is CC(=O)C(=CC(F)(F)F)[N+](=O)[O-]. The third kappa shape index (κ3) is 3.69. The highest BCUT2D eigenvalue weighted by Gasteiger charge is 2.31. The first-order valence-electron chi connectivity index (χ1n) is 2.69. The van der Waals surface area contributed by atoms with E-state index in [0.717, 1.165) is 0 Å². The van der Waals surface area contributed by atoms with Crippen molar-refractivity contribution in [1.82, 2.24) is 0 Å². The topological polar surface area (TPSA) is 60.2 Å². The van der Waals surface area contributed by atoms with Gasteiger partial charge in [-0.2, -0.15) is 13.2 Å². The summed E-state index contributed by atoms with van der Waals surface area (Å²) in [4.78, 5) is 18.7. The van der Waals surface area contributed by atoms with Gasteiger partial charge in [0.25, 0.3) is 0 Å². The van der Waals surface area contributed by atoms with Gasteiger partial charge in [-0.25, -0.2) is 0 Å². The van der Waals surface area contributed by atoms with Crippen LogP contribution in [0.15, 0.2) is 11.8 Å². The van der Waals surface area contributed by atoms with E-state index in [9.17, 15) is 28.1 Å². The molecule has 0 spiro atoms. The summed E-state index contributed by atoms with van der Waals surface area (Å²) in [5.41, 5.74) is -1.46. The zero-order valence-electron chi connectivity index (χ0n) is 5.88. The summed E-state index contributed by atoms with van der Waals surface area (Å²) >= 11 is 0. The molecule has 0 aromatic rings. The number of nitrogens with zero attached hydrogens (tertiary/aromatic N) is 1. The molecule has 0 radical (unpaired) electrons. The molecule has 4 nitrogen and oxygen atoms in total. The highest BCUT2D eigenvalue weighted by molar-refractivity contribution is 5.90. The average Bonchev–Trinajstić information content (AvgIpc) is 1.79. The molecule has 0 N–H and O–H groups in total. The first-order chi connectivity index (χ1) is 5.24. The largest absolute Gasteiger partial charge is 0.416 e. The summed E-state index contributed by atoms with van der Waals surface area (Å²) in [5, 5.41) is 9.84. The maximum Gasteiger partial charge on any atom is 0.416 e. The van der Waals surface area contributed by atoms with Gasteiger partial charge in [0.2, 0.25) is 5.78 Å². The number of hydrogen-bond acceptors (Lipinski definition) is 3. The van der Waals surface area contributed by atoms with E-state index in [1.54, 1.807) is 0 Å². The Morgan fingerprint density at radius 1 is 1.50 bits per heavy atom. The predicted octanol–water partition coefficient (Wildman–Crippen LogP) is 1.30. The van der Waals surface area contributed by atoms with Gasteiger partial charge in [-0.1, -0.05) is 0 Å². The van der Waals surface area contributed by atoms with Crippen molar-refractivity contribution in [3.05, 3.63) is 21.9 Å².